The minimum atomic E-state index is 0.280. The van der Waals surface area contributed by atoms with E-state index < -0.39 is 0 Å². The van der Waals surface area contributed by atoms with E-state index in [1.807, 2.05) is 17.7 Å². The van der Waals surface area contributed by atoms with Crippen molar-refractivity contribution in [3.05, 3.63) is 48.0 Å². The molecule has 0 amide bonds. The first kappa shape index (κ1) is 15.2. The zero-order valence-corrected chi connectivity index (χ0v) is 13.1. The largest absolute Gasteiger partial charge is 0.372 e. The maximum Gasteiger partial charge on any atom is 0.146 e. The minimum Gasteiger partial charge on any atom is -0.372 e. The van der Waals surface area contributed by atoms with Gasteiger partial charge in [0.2, 0.25) is 0 Å². The SMILES string of the molecule is Cn1cnnc1CNC1CCCCC1OCc1ccccc1. The molecule has 1 saturated carbocycles. The fraction of sp³-hybridized carbons (Fsp3) is 0.529. The number of hydrogen-bond donors (Lipinski definition) is 1. The Morgan fingerprint density at radius 1 is 1.23 bits per heavy atom. The highest BCUT2D eigenvalue weighted by molar-refractivity contribution is 5.13. The standard InChI is InChI=1S/C17H24N4O/c1-21-13-19-20-17(21)11-18-15-9-5-6-10-16(15)22-12-14-7-3-2-4-8-14/h2-4,7-8,13,15-16,18H,5-6,9-12H2,1H3. The second-order valence-electron chi connectivity index (χ2n) is 5.96. The molecule has 1 aliphatic rings. The summed E-state index contributed by atoms with van der Waals surface area (Å²) in [5, 5.41) is 11.7. The van der Waals surface area contributed by atoms with Gasteiger partial charge in [0.05, 0.1) is 19.3 Å². The Morgan fingerprint density at radius 3 is 2.82 bits per heavy atom. The van der Waals surface area contributed by atoms with Crippen LogP contribution in [0.15, 0.2) is 36.7 Å². The van der Waals surface area contributed by atoms with Crippen molar-refractivity contribution in [2.24, 2.45) is 7.05 Å². The molecule has 1 aromatic heterocycles. The number of nitrogens with zero attached hydrogens (tertiary/aromatic N) is 3. The molecule has 1 aliphatic carbocycles. The Labute approximate surface area is 131 Å². The molecule has 22 heavy (non-hydrogen) atoms. The predicted octanol–water partition coefficient (Wildman–Crippen LogP) is 2.43. The summed E-state index contributed by atoms with van der Waals surface area (Å²) in [5.74, 6) is 0.965. The van der Waals surface area contributed by atoms with Crippen molar-refractivity contribution in [3.8, 4) is 0 Å². The van der Waals surface area contributed by atoms with Crippen LogP contribution in [-0.4, -0.2) is 26.9 Å². The number of ether oxygens (including phenoxy) is 1. The van der Waals surface area contributed by atoms with Gasteiger partial charge in [0.1, 0.15) is 12.2 Å². The summed E-state index contributed by atoms with van der Waals surface area (Å²) in [4.78, 5) is 0. The van der Waals surface area contributed by atoms with Crippen molar-refractivity contribution in [2.75, 3.05) is 0 Å². The third-order valence-corrected chi connectivity index (χ3v) is 4.34. The van der Waals surface area contributed by atoms with Crippen LogP contribution in [-0.2, 0) is 24.9 Å². The fourth-order valence-electron chi connectivity index (χ4n) is 3.00. The summed E-state index contributed by atoms with van der Waals surface area (Å²) < 4.78 is 8.13. The van der Waals surface area contributed by atoms with Gasteiger partial charge in [-0.15, -0.1) is 10.2 Å². The number of rotatable bonds is 6. The van der Waals surface area contributed by atoms with Crippen molar-refractivity contribution in [1.29, 1.82) is 0 Å². The van der Waals surface area contributed by atoms with Crippen LogP contribution in [0.25, 0.3) is 0 Å². The van der Waals surface area contributed by atoms with E-state index in [0.717, 1.165) is 25.2 Å². The highest BCUT2D eigenvalue weighted by Crippen LogP contribution is 2.22. The van der Waals surface area contributed by atoms with Gasteiger partial charge in [0, 0.05) is 13.1 Å². The van der Waals surface area contributed by atoms with Crippen LogP contribution in [0, 0.1) is 0 Å². The molecule has 5 nitrogen and oxygen atoms in total. The Kier molecular flexibility index (Phi) is 5.19. The van der Waals surface area contributed by atoms with Gasteiger partial charge >= 0.3 is 0 Å². The molecule has 1 N–H and O–H groups in total. The zero-order chi connectivity index (χ0) is 15.2. The molecule has 0 saturated heterocycles. The van der Waals surface area contributed by atoms with Crippen molar-refractivity contribution in [2.45, 2.75) is 51.0 Å². The number of aryl methyl sites for hydroxylation is 1. The molecule has 0 bridgehead atoms. The first-order chi connectivity index (χ1) is 10.8. The Bertz CT molecular complexity index is 569. The summed E-state index contributed by atoms with van der Waals surface area (Å²) in [6.45, 7) is 1.43. The molecule has 1 aromatic carbocycles. The first-order valence-electron chi connectivity index (χ1n) is 8.05. The number of nitrogens with one attached hydrogen (secondary N) is 1. The van der Waals surface area contributed by atoms with Gasteiger partial charge in [0.15, 0.2) is 0 Å². The third-order valence-electron chi connectivity index (χ3n) is 4.34. The van der Waals surface area contributed by atoms with Crippen molar-refractivity contribution < 1.29 is 4.74 Å². The van der Waals surface area contributed by atoms with Crippen molar-refractivity contribution >= 4 is 0 Å². The highest BCUT2D eigenvalue weighted by atomic mass is 16.5. The maximum absolute atomic E-state index is 6.18. The molecule has 0 spiro atoms. The van der Waals surface area contributed by atoms with E-state index >= 15 is 0 Å². The van der Waals surface area contributed by atoms with Crippen LogP contribution in [0.1, 0.15) is 37.1 Å². The fourth-order valence-corrected chi connectivity index (χ4v) is 3.00. The monoisotopic (exact) mass is 300 g/mol. The molecule has 0 radical (unpaired) electrons. The van der Waals surface area contributed by atoms with Crippen LogP contribution in [0.4, 0.5) is 0 Å². The number of benzene rings is 1. The molecule has 1 heterocycles. The summed E-state index contributed by atoms with van der Waals surface area (Å²) in [6, 6.07) is 10.8. The molecule has 2 atom stereocenters. The van der Waals surface area contributed by atoms with Crippen LogP contribution >= 0.6 is 0 Å². The lowest BCUT2D eigenvalue weighted by atomic mass is 9.92. The number of hydrogen-bond acceptors (Lipinski definition) is 4. The lowest BCUT2D eigenvalue weighted by Crippen LogP contribution is -2.43. The third kappa shape index (κ3) is 3.93. The molecule has 118 valence electrons. The van der Waals surface area contributed by atoms with E-state index in [2.05, 4.69) is 39.8 Å². The molecule has 3 rings (SSSR count). The summed E-state index contributed by atoms with van der Waals surface area (Å²) >= 11 is 0. The van der Waals surface area contributed by atoms with Crippen molar-refractivity contribution in [1.82, 2.24) is 20.1 Å². The second-order valence-corrected chi connectivity index (χ2v) is 5.96. The van der Waals surface area contributed by atoms with Gasteiger partial charge < -0.3 is 14.6 Å². The van der Waals surface area contributed by atoms with E-state index in [1.165, 1.54) is 18.4 Å². The molecule has 5 heteroatoms. The van der Waals surface area contributed by atoms with E-state index in [9.17, 15) is 0 Å². The van der Waals surface area contributed by atoms with Gasteiger partial charge in [-0.3, -0.25) is 0 Å². The van der Waals surface area contributed by atoms with Gasteiger partial charge in [-0.1, -0.05) is 43.2 Å². The summed E-state index contributed by atoms with van der Waals surface area (Å²) in [7, 11) is 1.97. The highest BCUT2D eigenvalue weighted by Gasteiger charge is 2.25. The lowest BCUT2D eigenvalue weighted by Gasteiger charge is -2.32. The topological polar surface area (TPSA) is 52.0 Å². The maximum atomic E-state index is 6.18. The van der Waals surface area contributed by atoms with Gasteiger partial charge in [-0.2, -0.15) is 0 Å². The predicted molar refractivity (Wildman–Crippen MR) is 85.1 cm³/mol. The lowest BCUT2D eigenvalue weighted by molar-refractivity contribution is -0.00615. The molecule has 2 unspecified atom stereocenters. The van der Waals surface area contributed by atoms with Crippen LogP contribution in [0.5, 0.6) is 0 Å². The molecule has 2 aromatic rings. The molecule has 0 aliphatic heterocycles. The van der Waals surface area contributed by atoms with E-state index in [0.29, 0.717) is 12.6 Å². The Hall–Kier alpha value is -1.72. The first-order valence-corrected chi connectivity index (χ1v) is 8.05. The molecule has 1 fully saturated rings. The Balaban J connectivity index is 1.53. The minimum absolute atomic E-state index is 0.280. The summed E-state index contributed by atoms with van der Waals surface area (Å²) in [6.07, 6.45) is 6.83. The average molecular weight is 300 g/mol. The van der Waals surface area contributed by atoms with Gasteiger partial charge in [-0.25, -0.2) is 0 Å². The van der Waals surface area contributed by atoms with Crippen LogP contribution < -0.4 is 5.32 Å². The van der Waals surface area contributed by atoms with E-state index in [4.69, 9.17) is 4.74 Å². The Morgan fingerprint density at radius 2 is 2.05 bits per heavy atom. The van der Waals surface area contributed by atoms with Crippen molar-refractivity contribution in [3.63, 3.8) is 0 Å². The van der Waals surface area contributed by atoms with Crippen LogP contribution in [0.3, 0.4) is 0 Å². The normalized spacial score (nSPS) is 21.9. The average Bonchev–Trinajstić information content (AvgIpc) is 2.98. The van der Waals surface area contributed by atoms with E-state index in [1.54, 1.807) is 6.33 Å². The second kappa shape index (κ2) is 7.51. The van der Waals surface area contributed by atoms with Crippen LogP contribution in [0.2, 0.25) is 0 Å². The van der Waals surface area contributed by atoms with Gasteiger partial charge in [-0.05, 0) is 18.4 Å². The van der Waals surface area contributed by atoms with E-state index in [-0.39, 0.29) is 6.10 Å². The molecular formula is C17H24N4O. The smallest absolute Gasteiger partial charge is 0.146 e. The number of aromatic nitrogens is 3. The zero-order valence-electron chi connectivity index (χ0n) is 13.1. The van der Waals surface area contributed by atoms with Gasteiger partial charge in [0.25, 0.3) is 0 Å². The quantitative estimate of drug-likeness (QED) is 0.890. The summed E-state index contributed by atoms with van der Waals surface area (Å²) in [5.41, 5.74) is 1.24. The molecular weight excluding hydrogens is 276 g/mol.